The van der Waals surface area contributed by atoms with Crippen molar-refractivity contribution in [2.24, 2.45) is 5.92 Å². The molecular weight excluding hydrogens is 290 g/mol. The number of benzene rings is 1. The number of rotatable bonds is 6. The monoisotopic (exact) mass is 311 g/mol. The first-order valence-electron chi connectivity index (χ1n) is 6.53. The molecule has 0 saturated carbocycles. The maximum absolute atomic E-state index is 12.4. The zero-order valence-corrected chi connectivity index (χ0v) is 13.0. The number of halogens is 1. The summed E-state index contributed by atoms with van der Waals surface area (Å²) in [6.07, 6.45) is 0.983. The van der Waals surface area contributed by atoms with Gasteiger partial charge in [-0.15, -0.1) is 0 Å². The Morgan fingerprint density at radius 1 is 1.28 bits per heavy atom. The van der Waals surface area contributed by atoms with E-state index in [1.807, 2.05) is 23.1 Å². The highest BCUT2D eigenvalue weighted by Gasteiger charge is 2.24. The zero-order chi connectivity index (χ0) is 13.5. The number of nitrogens with zero attached hydrogens (tertiary/aromatic N) is 1. The molecule has 100 valence electrons. The third kappa shape index (κ3) is 4.45. The molecule has 0 aliphatic heterocycles. The van der Waals surface area contributed by atoms with Crippen LogP contribution in [0.2, 0.25) is 0 Å². The molecular formula is C15H22BrNO. The maximum Gasteiger partial charge on any atom is 0.236 e. The van der Waals surface area contributed by atoms with Crippen LogP contribution < -0.4 is 0 Å². The second-order valence-corrected chi connectivity index (χ2v) is 5.88. The average molecular weight is 312 g/mol. The van der Waals surface area contributed by atoms with E-state index in [9.17, 15) is 4.79 Å². The summed E-state index contributed by atoms with van der Waals surface area (Å²) in [5.41, 5.74) is 1.18. The molecule has 1 unspecified atom stereocenters. The van der Waals surface area contributed by atoms with E-state index < -0.39 is 0 Å². The molecule has 0 radical (unpaired) electrons. The minimum atomic E-state index is -0.0900. The molecule has 0 saturated heterocycles. The Bertz CT molecular complexity index is 364. The number of amides is 1. The van der Waals surface area contributed by atoms with Gasteiger partial charge in [-0.1, -0.05) is 67.0 Å². The van der Waals surface area contributed by atoms with E-state index in [1.54, 1.807) is 0 Å². The van der Waals surface area contributed by atoms with E-state index in [1.165, 1.54) is 5.56 Å². The Morgan fingerprint density at radius 3 is 2.39 bits per heavy atom. The summed E-state index contributed by atoms with van der Waals surface area (Å²) in [7, 11) is 0. The Kier molecular flexibility index (Phi) is 6.41. The Balaban J connectivity index is 2.73. The lowest BCUT2D eigenvalue weighted by Gasteiger charge is -2.26. The van der Waals surface area contributed by atoms with E-state index in [0.717, 1.165) is 13.0 Å². The van der Waals surface area contributed by atoms with Gasteiger partial charge in [0.1, 0.15) is 0 Å². The number of carbonyl (C=O) groups excluding carboxylic acids is 1. The van der Waals surface area contributed by atoms with Crippen molar-refractivity contribution in [2.75, 3.05) is 6.54 Å². The second-order valence-electron chi connectivity index (χ2n) is 4.89. The van der Waals surface area contributed by atoms with Crippen molar-refractivity contribution < 1.29 is 4.79 Å². The summed E-state index contributed by atoms with van der Waals surface area (Å²) in [6, 6.07) is 10.1. The van der Waals surface area contributed by atoms with Crippen molar-refractivity contribution >= 4 is 21.8 Å². The fourth-order valence-electron chi connectivity index (χ4n) is 1.80. The average Bonchev–Trinajstić information content (AvgIpc) is 2.37. The van der Waals surface area contributed by atoms with Gasteiger partial charge in [-0.05, 0) is 17.9 Å². The van der Waals surface area contributed by atoms with Gasteiger partial charge in [-0.25, -0.2) is 0 Å². The van der Waals surface area contributed by atoms with Crippen LogP contribution in [0.1, 0.15) is 32.8 Å². The summed E-state index contributed by atoms with van der Waals surface area (Å²) in [4.78, 5) is 14.2. The van der Waals surface area contributed by atoms with Gasteiger partial charge in [0.25, 0.3) is 0 Å². The van der Waals surface area contributed by atoms with Crippen molar-refractivity contribution in [2.45, 2.75) is 38.6 Å². The summed E-state index contributed by atoms with van der Waals surface area (Å²) < 4.78 is 0. The highest BCUT2D eigenvalue weighted by atomic mass is 79.9. The molecule has 18 heavy (non-hydrogen) atoms. The van der Waals surface area contributed by atoms with Crippen LogP contribution in [0.4, 0.5) is 0 Å². The van der Waals surface area contributed by atoms with Crippen LogP contribution in [0.5, 0.6) is 0 Å². The lowest BCUT2D eigenvalue weighted by molar-refractivity contribution is -0.131. The molecule has 0 spiro atoms. The molecule has 3 heteroatoms. The fraction of sp³-hybridized carbons (Fsp3) is 0.533. The third-order valence-electron chi connectivity index (χ3n) is 2.84. The van der Waals surface area contributed by atoms with Gasteiger partial charge >= 0.3 is 0 Å². The molecule has 0 fully saturated rings. The van der Waals surface area contributed by atoms with Gasteiger partial charge in [0.05, 0.1) is 4.83 Å². The van der Waals surface area contributed by atoms with E-state index in [0.29, 0.717) is 12.5 Å². The molecule has 1 aromatic carbocycles. The Morgan fingerprint density at radius 2 is 1.89 bits per heavy atom. The van der Waals surface area contributed by atoms with E-state index >= 15 is 0 Å². The van der Waals surface area contributed by atoms with Gasteiger partial charge in [-0.2, -0.15) is 0 Å². The molecule has 1 aromatic rings. The van der Waals surface area contributed by atoms with Crippen LogP contribution in [0.15, 0.2) is 30.3 Å². The van der Waals surface area contributed by atoms with Gasteiger partial charge in [0.15, 0.2) is 0 Å². The largest absolute Gasteiger partial charge is 0.337 e. The minimum absolute atomic E-state index is 0.0900. The van der Waals surface area contributed by atoms with Gasteiger partial charge in [-0.3, -0.25) is 4.79 Å². The number of carbonyl (C=O) groups is 1. The van der Waals surface area contributed by atoms with Crippen molar-refractivity contribution in [3.63, 3.8) is 0 Å². The van der Waals surface area contributed by atoms with Crippen LogP contribution in [-0.4, -0.2) is 22.2 Å². The molecule has 0 N–H and O–H groups in total. The summed E-state index contributed by atoms with van der Waals surface area (Å²) in [5.74, 6) is 0.503. The second kappa shape index (κ2) is 7.57. The van der Waals surface area contributed by atoms with Crippen molar-refractivity contribution in [1.82, 2.24) is 4.90 Å². The van der Waals surface area contributed by atoms with E-state index in [4.69, 9.17) is 0 Å². The predicted octanol–water partition coefficient (Wildman–Crippen LogP) is 3.84. The van der Waals surface area contributed by atoms with Crippen LogP contribution in [-0.2, 0) is 11.3 Å². The predicted molar refractivity (Wildman–Crippen MR) is 79.7 cm³/mol. The van der Waals surface area contributed by atoms with Gasteiger partial charge < -0.3 is 4.90 Å². The molecule has 0 aliphatic rings. The minimum Gasteiger partial charge on any atom is -0.337 e. The summed E-state index contributed by atoms with van der Waals surface area (Å²) in [6.45, 7) is 7.72. The van der Waals surface area contributed by atoms with E-state index in [-0.39, 0.29) is 10.7 Å². The van der Waals surface area contributed by atoms with Crippen LogP contribution in [0, 0.1) is 5.92 Å². The highest BCUT2D eigenvalue weighted by Crippen LogP contribution is 2.17. The van der Waals surface area contributed by atoms with Crippen molar-refractivity contribution in [1.29, 1.82) is 0 Å². The van der Waals surface area contributed by atoms with Crippen molar-refractivity contribution in [3.8, 4) is 0 Å². The lowest BCUT2D eigenvalue weighted by Crippen LogP contribution is -2.38. The normalized spacial score (nSPS) is 12.5. The molecule has 1 rings (SSSR count). The number of alkyl halides is 1. The molecule has 0 bridgehead atoms. The third-order valence-corrected chi connectivity index (χ3v) is 4.29. The fourth-order valence-corrected chi connectivity index (χ4v) is 2.09. The van der Waals surface area contributed by atoms with Crippen LogP contribution in [0.3, 0.4) is 0 Å². The van der Waals surface area contributed by atoms with E-state index in [2.05, 4.69) is 48.8 Å². The highest BCUT2D eigenvalue weighted by molar-refractivity contribution is 9.10. The first-order chi connectivity index (χ1) is 8.56. The molecule has 0 heterocycles. The van der Waals surface area contributed by atoms with Crippen LogP contribution >= 0.6 is 15.9 Å². The van der Waals surface area contributed by atoms with Crippen molar-refractivity contribution in [3.05, 3.63) is 35.9 Å². The quantitative estimate of drug-likeness (QED) is 0.731. The number of hydrogen-bond donors (Lipinski definition) is 0. The Labute approximate surface area is 119 Å². The Hall–Kier alpha value is -0.830. The first kappa shape index (κ1) is 15.2. The topological polar surface area (TPSA) is 20.3 Å². The molecule has 1 amide bonds. The molecule has 0 aliphatic carbocycles. The van der Waals surface area contributed by atoms with Gasteiger partial charge in [0.2, 0.25) is 5.91 Å². The van der Waals surface area contributed by atoms with Crippen LogP contribution in [0.25, 0.3) is 0 Å². The maximum atomic E-state index is 12.4. The molecule has 2 nitrogen and oxygen atoms in total. The smallest absolute Gasteiger partial charge is 0.236 e. The first-order valence-corrected chi connectivity index (χ1v) is 7.44. The lowest BCUT2D eigenvalue weighted by atomic mass is 10.1. The SMILES string of the molecule is CCCN(Cc1ccccc1)C(=O)C(Br)C(C)C. The number of hydrogen-bond acceptors (Lipinski definition) is 1. The zero-order valence-electron chi connectivity index (χ0n) is 11.4. The van der Waals surface area contributed by atoms with Gasteiger partial charge in [0, 0.05) is 13.1 Å². The summed E-state index contributed by atoms with van der Waals surface area (Å²) in [5, 5.41) is 0. The summed E-state index contributed by atoms with van der Waals surface area (Å²) >= 11 is 3.50. The standard InChI is InChI=1S/C15H22BrNO/c1-4-10-17(15(18)14(16)12(2)3)11-13-8-6-5-7-9-13/h5-9,12,14H,4,10-11H2,1-3H3. The molecule has 1 atom stereocenters. The molecule has 0 aromatic heterocycles.